The first-order valence-electron chi connectivity index (χ1n) is 10.0. The van der Waals surface area contributed by atoms with E-state index in [-0.39, 0.29) is 30.1 Å². The number of carbonyl (C=O) groups is 2. The smallest absolute Gasteiger partial charge is 0.258 e. The highest BCUT2D eigenvalue weighted by Crippen LogP contribution is 2.35. The van der Waals surface area contributed by atoms with Gasteiger partial charge in [0.15, 0.2) is 0 Å². The van der Waals surface area contributed by atoms with E-state index >= 15 is 0 Å². The minimum absolute atomic E-state index is 0.0108. The maximum atomic E-state index is 12.5. The summed E-state index contributed by atoms with van der Waals surface area (Å²) in [5.41, 5.74) is 0.634. The molecule has 0 saturated heterocycles. The van der Waals surface area contributed by atoms with E-state index in [0.717, 1.165) is 37.9 Å². The molecule has 26 heavy (non-hydrogen) atoms. The van der Waals surface area contributed by atoms with E-state index in [1.807, 2.05) is 4.68 Å². The third-order valence-electron chi connectivity index (χ3n) is 6.10. The van der Waals surface area contributed by atoms with Crippen molar-refractivity contribution in [3.8, 4) is 0 Å². The van der Waals surface area contributed by atoms with Crippen molar-refractivity contribution in [1.29, 1.82) is 0 Å². The zero-order valence-corrected chi connectivity index (χ0v) is 15.5. The first-order chi connectivity index (χ1) is 12.6. The molecule has 7 nitrogen and oxygen atoms in total. The molecule has 1 aromatic heterocycles. The summed E-state index contributed by atoms with van der Waals surface area (Å²) in [6, 6.07) is 0.410. The van der Waals surface area contributed by atoms with Gasteiger partial charge in [0.05, 0.1) is 12.2 Å². The van der Waals surface area contributed by atoms with Crippen LogP contribution in [0.25, 0.3) is 0 Å². The monoisotopic (exact) mass is 359 g/mol. The van der Waals surface area contributed by atoms with E-state index in [0.29, 0.717) is 11.5 Å². The van der Waals surface area contributed by atoms with Gasteiger partial charge in [0.2, 0.25) is 5.91 Å². The van der Waals surface area contributed by atoms with Crippen molar-refractivity contribution in [3.63, 3.8) is 0 Å². The standard InChI is InChI=1S/C19H29N5O2/c1-12(25)21-14-7-4-8-15(10-14)24-18-16(11-20-24)19(26)23-17(22-18)9-13-5-2-3-6-13/h11,13-15,17,22H,2-10H2,1H3,(H,21,25)(H,23,26). The van der Waals surface area contributed by atoms with Gasteiger partial charge in [0, 0.05) is 13.0 Å². The van der Waals surface area contributed by atoms with Gasteiger partial charge in [0.1, 0.15) is 17.5 Å². The molecule has 0 aromatic carbocycles. The normalized spacial score (nSPS) is 29.0. The van der Waals surface area contributed by atoms with Crippen LogP contribution >= 0.6 is 0 Å². The Morgan fingerprint density at radius 2 is 2.04 bits per heavy atom. The number of carbonyl (C=O) groups excluding carboxylic acids is 2. The number of hydrogen-bond acceptors (Lipinski definition) is 4. The third kappa shape index (κ3) is 3.57. The van der Waals surface area contributed by atoms with Crippen LogP contribution in [-0.4, -0.2) is 33.8 Å². The molecule has 3 N–H and O–H groups in total. The molecule has 2 saturated carbocycles. The maximum absolute atomic E-state index is 12.5. The quantitative estimate of drug-likeness (QED) is 0.771. The van der Waals surface area contributed by atoms with Crippen LogP contribution in [-0.2, 0) is 4.79 Å². The van der Waals surface area contributed by atoms with Crippen LogP contribution < -0.4 is 16.0 Å². The van der Waals surface area contributed by atoms with Gasteiger partial charge in [-0.25, -0.2) is 4.68 Å². The van der Waals surface area contributed by atoms with Crippen LogP contribution in [0, 0.1) is 5.92 Å². The van der Waals surface area contributed by atoms with Crippen LogP contribution in [0.5, 0.6) is 0 Å². The number of fused-ring (bicyclic) bond motifs is 1. The Balaban J connectivity index is 1.49. The summed E-state index contributed by atoms with van der Waals surface area (Å²) in [5, 5.41) is 14.2. The van der Waals surface area contributed by atoms with Crippen molar-refractivity contribution in [2.75, 3.05) is 5.32 Å². The Hall–Kier alpha value is -2.05. The van der Waals surface area contributed by atoms with Crippen LogP contribution in [0.15, 0.2) is 6.20 Å². The van der Waals surface area contributed by atoms with Gasteiger partial charge >= 0.3 is 0 Å². The summed E-state index contributed by atoms with van der Waals surface area (Å²) in [6.45, 7) is 1.57. The maximum Gasteiger partial charge on any atom is 0.258 e. The zero-order valence-electron chi connectivity index (χ0n) is 15.5. The minimum Gasteiger partial charge on any atom is -0.354 e. The van der Waals surface area contributed by atoms with Crippen LogP contribution in [0.3, 0.4) is 0 Å². The summed E-state index contributed by atoms with van der Waals surface area (Å²) < 4.78 is 1.99. The van der Waals surface area contributed by atoms with Crippen molar-refractivity contribution in [3.05, 3.63) is 11.8 Å². The summed E-state index contributed by atoms with van der Waals surface area (Å²) in [5.74, 6) is 1.55. The highest BCUT2D eigenvalue weighted by atomic mass is 16.2. The number of aromatic nitrogens is 2. The van der Waals surface area contributed by atoms with Gasteiger partial charge in [-0.1, -0.05) is 25.7 Å². The van der Waals surface area contributed by atoms with Crippen molar-refractivity contribution in [1.82, 2.24) is 20.4 Å². The lowest BCUT2D eigenvalue weighted by molar-refractivity contribution is -0.119. The number of nitrogens with zero attached hydrogens (tertiary/aromatic N) is 2. The Morgan fingerprint density at radius 3 is 2.81 bits per heavy atom. The summed E-state index contributed by atoms with van der Waals surface area (Å²) in [7, 11) is 0. The third-order valence-corrected chi connectivity index (χ3v) is 6.10. The molecule has 3 atom stereocenters. The Morgan fingerprint density at radius 1 is 1.23 bits per heavy atom. The van der Waals surface area contributed by atoms with Gasteiger partial charge < -0.3 is 16.0 Å². The molecule has 7 heteroatoms. The second-order valence-corrected chi connectivity index (χ2v) is 8.13. The first kappa shape index (κ1) is 17.4. The van der Waals surface area contributed by atoms with E-state index in [2.05, 4.69) is 21.0 Å². The zero-order chi connectivity index (χ0) is 18.1. The fraction of sp³-hybridized carbons (Fsp3) is 0.737. The molecule has 3 unspecified atom stereocenters. The fourth-order valence-electron chi connectivity index (χ4n) is 4.89. The van der Waals surface area contributed by atoms with Crippen LogP contribution in [0.4, 0.5) is 5.82 Å². The largest absolute Gasteiger partial charge is 0.354 e. The van der Waals surface area contributed by atoms with Gasteiger partial charge in [0.25, 0.3) is 5.91 Å². The lowest BCUT2D eigenvalue weighted by atomic mass is 9.91. The molecule has 1 aliphatic heterocycles. The summed E-state index contributed by atoms with van der Waals surface area (Å²) in [6.07, 6.45) is 11.7. The Bertz CT molecular complexity index is 679. The van der Waals surface area contributed by atoms with E-state index in [4.69, 9.17) is 0 Å². The first-order valence-corrected chi connectivity index (χ1v) is 10.0. The summed E-state index contributed by atoms with van der Waals surface area (Å²) >= 11 is 0. The molecule has 0 bridgehead atoms. The molecule has 2 aliphatic carbocycles. The Kier molecular flexibility index (Phi) is 4.87. The second-order valence-electron chi connectivity index (χ2n) is 8.13. The van der Waals surface area contributed by atoms with Crippen molar-refractivity contribution >= 4 is 17.6 Å². The predicted octanol–water partition coefficient (Wildman–Crippen LogP) is 2.56. The predicted molar refractivity (Wildman–Crippen MR) is 98.8 cm³/mol. The molecule has 2 amide bonds. The highest BCUT2D eigenvalue weighted by molar-refractivity contribution is 6.00. The van der Waals surface area contributed by atoms with E-state index in [1.165, 1.54) is 25.7 Å². The van der Waals surface area contributed by atoms with Gasteiger partial charge in [-0.2, -0.15) is 5.10 Å². The SMILES string of the molecule is CC(=O)NC1CCCC(n2ncc3c2NC(CC2CCCC2)NC3=O)C1. The van der Waals surface area contributed by atoms with Crippen molar-refractivity contribution < 1.29 is 9.59 Å². The van der Waals surface area contributed by atoms with E-state index in [9.17, 15) is 9.59 Å². The molecule has 4 rings (SSSR count). The molecule has 0 radical (unpaired) electrons. The molecule has 1 aromatic rings. The average Bonchev–Trinajstić information content (AvgIpc) is 3.24. The average molecular weight is 359 g/mol. The lowest BCUT2D eigenvalue weighted by Crippen LogP contribution is -2.46. The lowest BCUT2D eigenvalue weighted by Gasteiger charge is -2.33. The minimum atomic E-state index is -0.0257. The number of hydrogen-bond donors (Lipinski definition) is 3. The number of amides is 2. The van der Waals surface area contributed by atoms with E-state index in [1.54, 1.807) is 13.1 Å². The summed E-state index contributed by atoms with van der Waals surface area (Å²) in [4.78, 5) is 23.9. The molecule has 0 spiro atoms. The topological polar surface area (TPSA) is 88.1 Å². The second kappa shape index (κ2) is 7.29. The van der Waals surface area contributed by atoms with Crippen molar-refractivity contribution in [2.45, 2.75) is 83.0 Å². The molecular formula is C19H29N5O2. The van der Waals surface area contributed by atoms with Crippen LogP contribution in [0.2, 0.25) is 0 Å². The molecule has 3 aliphatic rings. The fourth-order valence-corrected chi connectivity index (χ4v) is 4.89. The Labute approximate surface area is 154 Å². The van der Waals surface area contributed by atoms with Gasteiger partial charge in [-0.05, 0) is 38.0 Å². The molecule has 2 fully saturated rings. The van der Waals surface area contributed by atoms with Gasteiger partial charge in [-0.3, -0.25) is 9.59 Å². The number of anilines is 1. The number of nitrogens with one attached hydrogen (secondary N) is 3. The molecule has 2 heterocycles. The van der Waals surface area contributed by atoms with E-state index < -0.39 is 0 Å². The molecule has 142 valence electrons. The van der Waals surface area contributed by atoms with Crippen molar-refractivity contribution in [2.24, 2.45) is 5.92 Å². The number of rotatable bonds is 4. The highest BCUT2D eigenvalue weighted by Gasteiger charge is 2.33. The molecular weight excluding hydrogens is 330 g/mol. The van der Waals surface area contributed by atoms with Gasteiger partial charge in [-0.15, -0.1) is 0 Å². The van der Waals surface area contributed by atoms with Crippen LogP contribution in [0.1, 0.15) is 81.1 Å².